The topological polar surface area (TPSA) is 45.0 Å². The molecule has 1 aliphatic carbocycles. The van der Waals surface area contributed by atoms with E-state index in [9.17, 15) is 8.78 Å². The first-order valence-electron chi connectivity index (χ1n) is 5.80. The van der Waals surface area contributed by atoms with Crippen LogP contribution in [0.4, 0.5) is 8.78 Å². The Morgan fingerprint density at radius 1 is 1.50 bits per heavy atom. The second-order valence-corrected chi connectivity index (χ2v) is 4.50. The molecule has 0 heterocycles. The molecule has 0 amide bonds. The van der Waals surface area contributed by atoms with Crippen molar-refractivity contribution in [2.45, 2.75) is 30.9 Å². The van der Waals surface area contributed by atoms with Crippen molar-refractivity contribution in [1.82, 2.24) is 5.32 Å². The molecule has 1 N–H and O–H groups in total. The summed E-state index contributed by atoms with van der Waals surface area (Å²) in [6.45, 7) is 0. The average Bonchev–Trinajstić information content (AvgIpc) is 2.78. The number of benzene rings is 1. The monoisotopic (exact) mass is 252 g/mol. The van der Waals surface area contributed by atoms with Gasteiger partial charge in [0.25, 0.3) is 0 Å². The van der Waals surface area contributed by atoms with Crippen LogP contribution < -0.4 is 10.1 Å². The number of rotatable bonds is 3. The van der Waals surface area contributed by atoms with Crippen LogP contribution in [0.2, 0.25) is 0 Å². The Morgan fingerprint density at radius 3 is 2.89 bits per heavy atom. The van der Waals surface area contributed by atoms with Gasteiger partial charge in [0.2, 0.25) is 0 Å². The van der Waals surface area contributed by atoms with Crippen LogP contribution in [-0.2, 0) is 0 Å². The van der Waals surface area contributed by atoms with Gasteiger partial charge in [0.1, 0.15) is 17.5 Å². The van der Waals surface area contributed by atoms with Crippen molar-refractivity contribution >= 4 is 0 Å². The number of hydrogen-bond donors (Lipinski definition) is 1. The highest BCUT2D eigenvalue weighted by Gasteiger charge is 2.39. The average molecular weight is 252 g/mol. The van der Waals surface area contributed by atoms with Gasteiger partial charge in [-0.25, -0.2) is 8.78 Å². The molecule has 1 aliphatic rings. The number of ether oxygens (including phenoxy) is 1. The van der Waals surface area contributed by atoms with Crippen LogP contribution in [0.5, 0.6) is 5.75 Å². The number of hydrogen-bond acceptors (Lipinski definition) is 3. The van der Waals surface area contributed by atoms with E-state index in [1.807, 2.05) is 0 Å². The summed E-state index contributed by atoms with van der Waals surface area (Å²) in [6, 6.07) is 5.32. The maximum Gasteiger partial charge on any atom is 0.165 e. The lowest BCUT2D eigenvalue weighted by atomic mass is 10.0. The number of nitrogens with one attached hydrogen (secondary N) is 1. The van der Waals surface area contributed by atoms with Gasteiger partial charge in [-0.15, -0.1) is 0 Å². The fraction of sp³-hybridized carbons (Fsp3) is 0.462. The first-order chi connectivity index (χ1) is 8.58. The van der Waals surface area contributed by atoms with Crippen LogP contribution in [0.15, 0.2) is 18.2 Å². The van der Waals surface area contributed by atoms with E-state index in [1.165, 1.54) is 0 Å². The van der Waals surface area contributed by atoms with Crippen LogP contribution in [0.25, 0.3) is 0 Å². The van der Waals surface area contributed by atoms with Crippen molar-refractivity contribution in [3.63, 3.8) is 0 Å². The molecule has 3 nitrogen and oxygen atoms in total. The van der Waals surface area contributed by atoms with E-state index < -0.39 is 17.2 Å². The number of halogens is 2. The zero-order valence-electron chi connectivity index (χ0n) is 10.0. The largest absolute Gasteiger partial charge is 0.487 e. The lowest BCUT2D eigenvalue weighted by Crippen LogP contribution is -2.39. The summed E-state index contributed by atoms with van der Waals surface area (Å²) >= 11 is 0. The molecular weight excluding hydrogens is 238 g/mol. The zero-order valence-corrected chi connectivity index (χ0v) is 10.0. The molecule has 0 aliphatic heterocycles. The number of nitrogens with zero attached hydrogens (tertiary/aromatic N) is 1. The summed E-state index contributed by atoms with van der Waals surface area (Å²) in [4.78, 5) is 0. The van der Waals surface area contributed by atoms with Gasteiger partial charge in [0.05, 0.1) is 6.07 Å². The summed E-state index contributed by atoms with van der Waals surface area (Å²) < 4.78 is 31.8. The molecule has 5 heteroatoms. The standard InChI is InChI=1S/C13H14F2N2O/c1-17-13(8-16)5-4-10(7-13)18-12-6-9(14)2-3-11(12)15/h2-3,6,10,17H,4-5,7H2,1H3. The Balaban J connectivity index is 2.08. The van der Waals surface area contributed by atoms with Gasteiger partial charge in [-0.2, -0.15) is 5.26 Å². The minimum atomic E-state index is -0.617. The maximum absolute atomic E-state index is 13.4. The van der Waals surface area contributed by atoms with Crippen LogP contribution in [0.1, 0.15) is 19.3 Å². The highest BCUT2D eigenvalue weighted by atomic mass is 19.1. The summed E-state index contributed by atoms with van der Waals surface area (Å²) in [6.07, 6.45) is 1.48. The molecule has 1 saturated carbocycles. The smallest absolute Gasteiger partial charge is 0.165 e. The highest BCUT2D eigenvalue weighted by Crippen LogP contribution is 2.33. The molecule has 0 radical (unpaired) electrons. The summed E-state index contributed by atoms with van der Waals surface area (Å²) in [5.41, 5.74) is -0.617. The van der Waals surface area contributed by atoms with Crippen LogP contribution >= 0.6 is 0 Å². The zero-order chi connectivity index (χ0) is 13.2. The van der Waals surface area contributed by atoms with E-state index >= 15 is 0 Å². The van der Waals surface area contributed by atoms with Crippen LogP contribution in [0.3, 0.4) is 0 Å². The van der Waals surface area contributed by atoms with Gasteiger partial charge in [-0.3, -0.25) is 0 Å². The van der Waals surface area contributed by atoms with Gasteiger partial charge >= 0.3 is 0 Å². The van der Waals surface area contributed by atoms with Crippen LogP contribution in [-0.4, -0.2) is 18.7 Å². The quantitative estimate of drug-likeness (QED) is 0.898. The predicted octanol–water partition coefficient (Wildman–Crippen LogP) is 2.38. The maximum atomic E-state index is 13.4. The first kappa shape index (κ1) is 12.8. The predicted molar refractivity (Wildman–Crippen MR) is 62.0 cm³/mol. The summed E-state index contributed by atoms with van der Waals surface area (Å²) in [5, 5.41) is 12.1. The molecule has 1 fully saturated rings. The molecular formula is C13H14F2N2O. The van der Waals surface area contributed by atoms with E-state index in [2.05, 4.69) is 11.4 Å². The fourth-order valence-electron chi connectivity index (χ4n) is 2.23. The van der Waals surface area contributed by atoms with Gasteiger partial charge in [0, 0.05) is 12.5 Å². The summed E-state index contributed by atoms with van der Waals surface area (Å²) in [5.74, 6) is -1.22. The van der Waals surface area contributed by atoms with Gasteiger partial charge in [-0.05, 0) is 32.0 Å². The molecule has 1 aromatic carbocycles. The van der Waals surface area contributed by atoms with Gasteiger partial charge in [-0.1, -0.05) is 0 Å². The van der Waals surface area contributed by atoms with Crippen molar-refractivity contribution < 1.29 is 13.5 Å². The van der Waals surface area contributed by atoms with E-state index in [4.69, 9.17) is 10.00 Å². The molecule has 0 saturated heterocycles. The molecule has 2 atom stereocenters. The van der Waals surface area contributed by atoms with Crippen LogP contribution in [0, 0.1) is 23.0 Å². The normalized spacial score (nSPS) is 26.9. The second-order valence-electron chi connectivity index (χ2n) is 4.50. The van der Waals surface area contributed by atoms with Crippen molar-refractivity contribution in [2.24, 2.45) is 0 Å². The Labute approximate surface area is 104 Å². The van der Waals surface area contributed by atoms with Gasteiger partial charge < -0.3 is 10.1 Å². The lowest BCUT2D eigenvalue weighted by molar-refractivity contribution is 0.192. The minimum absolute atomic E-state index is 0.0927. The third-order valence-corrected chi connectivity index (χ3v) is 3.35. The Morgan fingerprint density at radius 2 is 2.28 bits per heavy atom. The van der Waals surface area contributed by atoms with Crippen molar-refractivity contribution in [2.75, 3.05) is 7.05 Å². The first-order valence-corrected chi connectivity index (χ1v) is 5.80. The molecule has 1 aromatic rings. The van der Waals surface area contributed by atoms with E-state index in [-0.39, 0.29) is 11.9 Å². The molecule has 0 aromatic heterocycles. The Kier molecular flexibility index (Phi) is 3.48. The van der Waals surface area contributed by atoms with Crippen molar-refractivity contribution in [3.05, 3.63) is 29.8 Å². The minimum Gasteiger partial charge on any atom is -0.487 e. The molecule has 96 valence electrons. The third kappa shape index (κ3) is 2.44. The second kappa shape index (κ2) is 4.91. The Bertz CT molecular complexity index is 486. The van der Waals surface area contributed by atoms with E-state index in [1.54, 1.807) is 7.05 Å². The lowest BCUT2D eigenvalue weighted by Gasteiger charge is -2.20. The number of nitriles is 1. The molecule has 0 spiro atoms. The molecule has 2 unspecified atom stereocenters. The summed E-state index contributed by atoms with van der Waals surface area (Å²) in [7, 11) is 1.72. The van der Waals surface area contributed by atoms with E-state index in [0.29, 0.717) is 19.3 Å². The Hall–Kier alpha value is -1.67. The van der Waals surface area contributed by atoms with Crippen molar-refractivity contribution in [3.8, 4) is 11.8 Å². The molecule has 2 rings (SSSR count). The molecule has 0 bridgehead atoms. The van der Waals surface area contributed by atoms with Gasteiger partial charge in [0.15, 0.2) is 11.6 Å². The highest BCUT2D eigenvalue weighted by molar-refractivity contribution is 5.26. The third-order valence-electron chi connectivity index (χ3n) is 3.35. The van der Waals surface area contributed by atoms with Crippen molar-refractivity contribution in [1.29, 1.82) is 5.26 Å². The molecule has 18 heavy (non-hydrogen) atoms. The fourth-order valence-corrected chi connectivity index (χ4v) is 2.23. The SMILES string of the molecule is CNC1(C#N)CCC(Oc2cc(F)ccc2F)C1. The van der Waals surface area contributed by atoms with E-state index in [0.717, 1.165) is 18.2 Å².